The number of sulfonamides is 1. The minimum atomic E-state index is -3.77. The third-order valence-electron chi connectivity index (χ3n) is 2.44. The average Bonchev–Trinajstić information content (AvgIpc) is 2.53. The van der Waals surface area contributed by atoms with Crippen molar-refractivity contribution in [2.75, 3.05) is 0 Å². The SMILES string of the molecule is O=C(NNS(=O)(=O)/C=C/c1ccccc1)c1ccccn1. The molecule has 2 aromatic rings. The Bertz CT molecular complexity index is 729. The lowest BCUT2D eigenvalue weighted by Crippen LogP contribution is -2.40. The molecule has 1 aromatic heterocycles. The fourth-order valence-electron chi connectivity index (χ4n) is 1.44. The van der Waals surface area contributed by atoms with E-state index >= 15 is 0 Å². The summed E-state index contributed by atoms with van der Waals surface area (Å²) < 4.78 is 23.4. The fraction of sp³-hybridized carbons (Fsp3) is 0. The van der Waals surface area contributed by atoms with Gasteiger partial charge in [0.2, 0.25) is 0 Å². The van der Waals surface area contributed by atoms with Crippen LogP contribution < -0.4 is 10.3 Å². The van der Waals surface area contributed by atoms with E-state index in [9.17, 15) is 13.2 Å². The lowest BCUT2D eigenvalue weighted by Gasteiger charge is -2.04. The second-order valence-electron chi connectivity index (χ2n) is 4.03. The third kappa shape index (κ3) is 4.83. The van der Waals surface area contributed by atoms with Gasteiger partial charge in [-0.1, -0.05) is 36.4 Å². The number of aromatic nitrogens is 1. The number of hydrogen-bond donors (Lipinski definition) is 2. The Labute approximate surface area is 122 Å². The maximum absolute atomic E-state index is 11.7. The van der Waals surface area contributed by atoms with Crippen molar-refractivity contribution in [1.29, 1.82) is 0 Å². The number of nitrogens with zero attached hydrogens (tertiary/aromatic N) is 1. The summed E-state index contributed by atoms with van der Waals surface area (Å²) in [5.74, 6) is -0.632. The number of carbonyl (C=O) groups excluding carboxylic acids is 1. The predicted octanol–water partition coefficient (Wildman–Crippen LogP) is 1.32. The molecule has 0 fully saturated rings. The van der Waals surface area contributed by atoms with Gasteiger partial charge < -0.3 is 0 Å². The molecule has 108 valence electrons. The van der Waals surface area contributed by atoms with Crippen LogP contribution in [-0.4, -0.2) is 19.3 Å². The van der Waals surface area contributed by atoms with Gasteiger partial charge in [0.05, 0.1) is 0 Å². The molecular formula is C14H13N3O3S. The largest absolute Gasteiger partial charge is 0.284 e. The van der Waals surface area contributed by atoms with Gasteiger partial charge >= 0.3 is 0 Å². The first kappa shape index (κ1) is 14.9. The van der Waals surface area contributed by atoms with Crippen molar-refractivity contribution >= 4 is 22.0 Å². The number of pyridine rings is 1. The summed E-state index contributed by atoms with van der Waals surface area (Å²) in [7, 11) is -3.77. The number of nitrogens with one attached hydrogen (secondary N) is 2. The quantitative estimate of drug-likeness (QED) is 0.815. The van der Waals surface area contributed by atoms with Crippen LogP contribution in [0.4, 0.5) is 0 Å². The third-order valence-corrected chi connectivity index (χ3v) is 3.32. The molecule has 0 radical (unpaired) electrons. The molecule has 1 amide bonds. The molecule has 0 saturated carbocycles. The number of rotatable bonds is 5. The molecule has 0 bridgehead atoms. The van der Waals surface area contributed by atoms with Crippen LogP contribution in [0.25, 0.3) is 6.08 Å². The Morgan fingerprint density at radius 2 is 1.76 bits per heavy atom. The Morgan fingerprint density at radius 3 is 2.43 bits per heavy atom. The molecule has 1 heterocycles. The van der Waals surface area contributed by atoms with Gasteiger partial charge in [-0.25, -0.2) is 8.42 Å². The minimum Gasteiger partial charge on any atom is -0.272 e. The summed E-state index contributed by atoms with van der Waals surface area (Å²) in [6.45, 7) is 0. The normalized spacial score (nSPS) is 11.4. The number of benzene rings is 1. The molecule has 0 spiro atoms. The summed E-state index contributed by atoms with van der Waals surface area (Å²) in [6, 6.07) is 13.7. The Balaban J connectivity index is 1.96. The maximum Gasteiger partial charge on any atom is 0.284 e. The highest BCUT2D eigenvalue weighted by atomic mass is 32.2. The van der Waals surface area contributed by atoms with Crippen molar-refractivity contribution < 1.29 is 13.2 Å². The van der Waals surface area contributed by atoms with Gasteiger partial charge in [0.1, 0.15) is 5.69 Å². The molecule has 0 aliphatic carbocycles. The number of amides is 1. The van der Waals surface area contributed by atoms with E-state index in [1.165, 1.54) is 18.3 Å². The average molecular weight is 303 g/mol. The summed E-state index contributed by atoms with van der Waals surface area (Å²) in [5, 5.41) is 0.973. The molecule has 2 rings (SSSR count). The van der Waals surface area contributed by atoms with E-state index < -0.39 is 15.9 Å². The second-order valence-corrected chi connectivity index (χ2v) is 5.60. The van der Waals surface area contributed by atoms with E-state index in [1.54, 1.807) is 36.4 Å². The molecule has 7 heteroatoms. The Hall–Kier alpha value is -2.51. The van der Waals surface area contributed by atoms with Gasteiger partial charge in [0.15, 0.2) is 0 Å². The highest BCUT2D eigenvalue weighted by Crippen LogP contribution is 2.02. The number of hydrogen-bond acceptors (Lipinski definition) is 4. The second kappa shape index (κ2) is 6.78. The summed E-state index contributed by atoms with van der Waals surface area (Å²) in [4.78, 5) is 17.4. The van der Waals surface area contributed by atoms with E-state index in [4.69, 9.17) is 0 Å². The number of hydrazine groups is 1. The molecule has 2 N–H and O–H groups in total. The molecule has 6 nitrogen and oxygen atoms in total. The maximum atomic E-state index is 11.7. The zero-order chi connectivity index (χ0) is 15.1. The van der Waals surface area contributed by atoms with Crippen molar-refractivity contribution in [3.05, 3.63) is 71.4 Å². The predicted molar refractivity (Wildman–Crippen MR) is 79.2 cm³/mol. The zero-order valence-electron chi connectivity index (χ0n) is 10.9. The van der Waals surface area contributed by atoms with Crippen molar-refractivity contribution in [3.63, 3.8) is 0 Å². The van der Waals surface area contributed by atoms with E-state index in [2.05, 4.69) is 10.4 Å². The molecule has 0 aliphatic heterocycles. The smallest absolute Gasteiger partial charge is 0.272 e. The van der Waals surface area contributed by atoms with Crippen LogP contribution in [0.3, 0.4) is 0 Å². The van der Waals surface area contributed by atoms with E-state index in [0.717, 1.165) is 11.0 Å². The molecule has 0 saturated heterocycles. The monoisotopic (exact) mass is 303 g/mol. The molecule has 1 aromatic carbocycles. The van der Waals surface area contributed by atoms with Crippen LogP contribution in [0.15, 0.2) is 60.1 Å². The van der Waals surface area contributed by atoms with Gasteiger partial charge in [0.25, 0.3) is 15.9 Å². The first-order valence-electron chi connectivity index (χ1n) is 6.03. The molecule has 21 heavy (non-hydrogen) atoms. The van der Waals surface area contributed by atoms with Crippen molar-refractivity contribution in [2.45, 2.75) is 0 Å². The van der Waals surface area contributed by atoms with Gasteiger partial charge in [-0.3, -0.25) is 15.2 Å². The van der Waals surface area contributed by atoms with Gasteiger partial charge in [-0.2, -0.15) is 0 Å². The summed E-state index contributed by atoms with van der Waals surface area (Å²) >= 11 is 0. The topological polar surface area (TPSA) is 88.2 Å². The lowest BCUT2D eigenvalue weighted by atomic mass is 10.2. The van der Waals surface area contributed by atoms with Gasteiger partial charge in [-0.05, 0) is 23.8 Å². The minimum absolute atomic E-state index is 0.118. The Kier molecular flexibility index (Phi) is 4.81. The van der Waals surface area contributed by atoms with Crippen LogP contribution in [0.2, 0.25) is 0 Å². The van der Waals surface area contributed by atoms with E-state index in [0.29, 0.717) is 0 Å². The number of carbonyl (C=O) groups is 1. The van der Waals surface area contributed by atoms with Gasteiger partial charge in [0, 0.05) is 11.6 Å². The summed E-state index contributed by atoms with van der Waals surface area (Å²) in [6.07, 6.45) is 2.87. The van der Waals surface area contributed by atoms with E-state index in [-0.39, 0.29) is 5.69 Å². The fourth-order valence-corrected chi connectivity index (χ4v) is 2.08. The van der Waals surface area contributed by atoms with Crippen LogP contribution in [0.5, 0.6) is 0 Å². The standard InChI is InChI=1S/C14H13N3O3S/c18-14(13-8-4-5-10-15-13)16-17-21(19,20)11-9-12-6-2-1-3-7-12/h1-11,17H,(H,16,18)/b11-9+. The highest BCUT2D eigenvalue weighted by Gasteiger charge is 2.10. The molecule has 0 aliphatic rings. The molecule has 0 atom stereocenters. The van der Waals surface area contributed by atoms with Crippen LogP contribution in [0.1, 0.15) is 16.1 Å². The molecular weight excluding hydrogens is 290 g/mol. The van der Waals surface area contributed by atoms with Crippen molar-refractivity contribution in [2.24, 2.45) is 0 Å². The van der Waals surface area contributed by atoms with E-state index in [1.807, 2.05) is 10.9 Å². The lowest BCUT2D eigenvalue weighted by molar-refractivity contribution is 0.0940. The van der Waals surface area contributed by atoms with Crippen molar-refractivity contribution in [3.8, 4) is 0 Å². The first-order chi connectivity index (χ1) is 10.1. The summed E-state index contributed by atoms with van der Waals surface area (Å²) in [5.41, 5.74) is 2.94. The van der Waals surface area contributed by atoms with Crippen LogP contribution in [-0.2, 0) is 10.0 Å². The molecule has 0 unspecified atom stereocenters. The Morgan fingerprint density at radius 1 is 1.05 bits per heavy atom. The first-order valence-corrected chi connectivity index (χ1v) is 7.58. The highest BCUT2D eigenvalue weighted by molar-refractivity contribution is 7.92. The van der Waals surface area contributed by atoms with Crippen molar-refractivity contribution in [1.82, 2.24) is 15.2 Å². The van der Waals surface area contributed by atoms with Gasteiger partial charge in [-0.15, -0.1) is 4.83 Å². The zero-order valence-corrected chi connectivity index (χ0v) is 11.7. The van der Waals surface area contributed by atoms with Crippen LogP contribution >= 0.6 is 0 Å². The van der Waals surface area contributed by atoms with Crippen LogP contribution in [0, 0.1) is 0 Å².